The molecule has 1 aromatic heterocycles. The predicted octanol–water partition coefficient (Wildman–Crippen LogP) is 4.90. The second-order valence-electron chi connectivity index (χ2n) is 6.53. The van der Waals surface area contributed by atoms with E-state index in [1.165, 1.54) is 12.1 Å². The van der Waals surface area contributed by atoms with Gasteiger partial charge in [0.1, 0.15) is 5.69 Å². The smallest absolute Gasteiger partial charge is 0.238 e. The van der Waals surface area contributed by atoms with Gasteiger partial charge < -0.3 is 4.42 Å². The lowest BCUT2D eigenvalue weighted by Gasteiger charge is -2.03. The van der Waals surface area contributed by atoms with Gasteiger partial charge in [-0.25, -0.2) is 18.5 Å². The topological polar surface area (TPSA) is 86.2 Å². The first-order valence-electron chi connectivity index (χ1n) is 8.83. The molecule has 0 aliphatic carbocycles. The maximum atomic E-state index is 11.5. The molecule has 2 N–H and O–H groups in total. The van der Waals surface area contributed by atoms with Gasteiger partial charge in [-0.2, -0.15) is 0 Å². The Labute approximate surface area is 173 Å². The number of benzene rings is 3. The van der Waals surface area contributed by atoms with E-state index in [-0.39, 0.29) is 4.90 Å². The van der Waals surface area contributed by atoms with Crippen LogP contribution in [0.15, 0.2) is 88.2 Å². The average molecular weight is 425 g/mol. The lowest BCUT2D eigenvalue weighted by atomic mass is 10.1. The van der Waals surface area contributed by atoms with Crippen LogP contribution >= 0.6 is 11.6 Å². The summed E-state index contributed by atoms with van der Waals surface area (Å²) in [6.45, 7) is 0. The van der Waals surface area contributed by atoms with Gasteiger partial charge in [-0.15, -0.1) is 0 Å². The van der Waals surface area contributed by atoms with Gasteiger partial charge in [0.05, 0.1) is 4.90 Å². The van der Waals surface area contributed by atoms with Crippen LogP contribution in [0.4, 0.5) is 0 Å². The first-order chi connectivity index (χ1) is 13.9. The van der Waals surface area contributed by atoms with E-state index >= 15 is 0 Å². The highest BCUT2D eigenvalue weighted by Crippen LogP contribution is 2.34. The number of rotatable bonds is 5. The van der Waals surface area contributed by atoms with Crippen LogP contribution in [-0.2, 0) is 16.4 Å². The number of halogens is 1. The van der Waals surface area contributed by atoms with E-state index in [0.29, 0.717) is 34.4 Å². The number of hydrogen-bond donors (Lipinski definition) is 1. The summed E-state index contributed by atoms with van der Waals surface area (Å²) >= 11 is 6.16. The zero-order valence-corrected chi connectivity index (χ0v) is 16.8. The van der Waals surface area contributed by atoms with Crippen molar-refractivity contribution in [3.63, 3.8) is 0 Å². The fraction of sp³-hybridized carbons (Fsp3) is 0.0455. The highest BCUT2D eigenvalue weighted by Gasteiger charge is 2.18. The average Bonchev–Trinajstić information content (AvgIpc) is 3.12. The lowest BCUT2D eigenvalue weighted by molar-refractivity contribution is 0.519. The highest BCUT2D eigenvalue weighted by molar-refractivity contribution is 7.89. The van der Waals surface area contributed by atoms with Gasteiger partial charge in [0, 0.05) is 22.6 Å². The Morgan fingerprint density at radius 2 is 1.62 bits per heavy atom. The number of aromatic nitrogens is 1. The maximum absolute atomic E-state index is 11.5. The van der Waals surface area contributed by atoms with Gasteiger partial charge in [0.25, 0.3) is 0 Å². The first-order valence-corrected chi connectivity index (χ1v) is 10.8. The third kappa shape index (κ3) is 4.40. The van der Waals surface area contributed by atoms with E-state index < -0.39 is 10.0 Å². The van der Waals surface area contributed by atoms with E-state index in [1.54, 1.807) is 18.2 Å². The summed E-state index contributed by atoms with van der Waals surface area (Å²) in [6.07, 6.45) is 0.531. The lowest BCUT2D eigenvalue weighted by Crippen LogP contribution is -2.11. The molecule has 29 heavy (non-hydrogen) atoms. The Morgan fingerprint density at radius 1 is 0.897 bits per heavy atom. The largest absolute Gasteiger partial charge is 0.440 e. The zero-order chi connectivity index (χ0) is 20.4. The van der Waals surface area contributed by atoms with Gasteiger partial charge in [-0.1, -0.05) is 54.1 Å². The Hall–Kier alpha value is -2.93. The number of primary sulfonamides is 1. The molecule has 0 aliphatic rings. The zero-order valence-electron chi connectivity index (χ0n) is 15.2. The van der Waals surface area contributed by atoms with Crippen molar-refractivity contribution in [1.29, 1.82) is 0 Å². The predicted molar refractivity (Wildman–Crippen MR) is 113 cm³/mol. The van der Waals surface area contributed by atoms with Crippen LogP contribution in [-0.4, -0.2) is 13.4 Å². The highest BCUT2D eigenvalue weighted by atomic mass is 35.5. The molecule has 0 amide bonds. The number of oxazole rings is 1. The number of sulfonamides is 1. The summed E-state index contributed by atoms with van der Waals surface area (Å²) in [5, 5.41) is 5.78. The molecule has 0 radical (unpaired) electrons. The van der Waals surface area contributed by atoms with Crippen LogP contribution in [0.25, 0.3) is 22.6 Å². The van der Waals surface area contributed by atoms with E-state index in [0.717, 1.165) is 11.1 Å². The molecular formula is C22H17ClN2O3S. The van der Waals surface area contributed by atoms with Crippen molar-refractivity contribution < 1.29 is 12.8 Å². The molecule has 5 nitrogen and oxygen atoms in total. The molecule has 0 saturated carbocycles. The number of nitrogens with two attached hydrogens (primary N) is 1. The van der Waals surface area contributed by atoms with Crippen LogP contribution in [0, 0.1) is 0 Å². The van der Waals surface area contributed by atoms with Crippen molar-refractivity contribution in [2.75, 3.05) is 0 Å². The summed E-state index contributed by atoms with van der Waals surface area (Å²) in [5.41, 5.74) is 3.22. The summed E-state index contributed by atoms with van der Waals surface area (Å²) in [7, 11) is -3.77. The van der Waals surface area contributed by atoms with E-state index in [2.05, 4.69) is 0 Å². The van der Waals surface area contributed by atoms with Gasteiger partial charge >= 0.3 is 0 Å². The first kappa shape index (κ1) is 19.4. The van der Waals surface area contributed by atoms with Crippen LogP contribution in [0.5, 0.6) is 0 Å². The Bertz CT molecular complexity index is 1250. The molecule has 0 fully saturated rings. The van der Waals surface area contributed by atoms with E-state index in [9.17, 15) is 8.42 Å². The van der Waals surface area contributed by atoms with Crippen molar-refractivity contribution in [2.45, 2.75) is 11.3 Å². The molecule has 7 heteroatoms. The molecule has 4 aromatic rings. The molecule has 146 valence electrons. The van der Waals surface area contributed by atoms with Gasteiger partial charge in [-0.3, -0.25) is 0 Å². The van der Waals surface area contributed by atoms with Crippen LogP contribution in [0.3, 0.4) is 0 Å². The molecular weight excluding hydrogens is 408 g/mol. The molecule has 0 unspecified atom stereocenters. The summed E-state index contributed by atoms with van der Waals surface area (Å²) in [6, 6.07) is 23.4. The second-order valence-corrected chi connectivity index (χ2v) is 8.53. The van der Waals surface area contributed by atoms with Gasteiger partial charge in [0.15, 0.2) is 11.7 Å². The van der Waals surface area contributed by atoms with Crippen LogP contribution < -0.4 is 5.14 Å². The van der Waals surface area contributed by atoms with Crippen molar-refractivity contribution >= 4 is 21.6 Å². The summed E-state index contributed by atoms with van der Waals surface area (Å²) in [4.78, 5) is 4.73. The van der Waals surface area contributed by atoms with Gasteiger partial charge in [0.2, 0.25) is 10.0 Å². The van der Waals surface area contributed by atoms with Crippen molar-refractivity contribution in [2.24, 2.45) is 5.14 Å². The second kappa shape index (κ2) is 7.83. The van der Waals surface area contributed by atoms with E-state index in [4.69, 9.17) is 26.1 Å². The molecule has 0 aliphatic heterocycles. The monoisotopic (exact) mass is 424 g/mol. The van der Waals surface area contributed by atoms with E-state index in [1.807, 2.05) is 48.5 Å². The molecule has 0 spiro atoms. The third-order valence-corrected chi connectivity index (χ3v) is 5.58. The quantitative estimate of drug-likeness (QED) is 0.493. The summed E-state index contributed by atoms with van der Waals surface area (Å²) < 4.78 is 29.2. The molecule has 0 atom stereocenters. The Morgan fingerprint density at radius 3 is 2.28 bits per heavy atom. The Balaban J connectivity index is 1.80. The molecule has 0 bridgehead atoms. The third-order valence-electron chi connectivity index (χ3n) is 4.41. The molecule has 3 aromatic carbocycles. The fourth-order valence-electron chi connectivity index (χ4n) is 3.03. The van der Waals surface area contributed by atoms with Crippen molar-refractivity contribution in [1.82, 2.24) is 4.98 Å². The number of nitrogens with zero attached hydrogens (tertiary/aromatic N) is 1. The van der Waals surface area contributed by atoms with Crippen LogP contribution in [0.2, 0.25) is 5.02 Å². The molecule has 0 saturated heterocycles. The SMILES string of the molecule is NS(=O)(=O)c1ccc(-c2oc(Cc3ccccc3)nc2-c2cccc(Cl)c2)cc1. The minimum atomic E-state index is -3.77. The van der Waals surface area contributed by atoms with Crippen molar-refractivity contribution in [3.8, 4) is 22.6 Å². The maximum Gasteiger partial charge on any atom is 0.238 e. The standard InChI is InChI=1S/C22H17ClN2O3S/c23-18-8-4-7-17(14-18)21-22(16-9-11-19(12-10-16)29(24,26)27)28-20(25-21)13-15-5-2-1-3-6-15/h1-12,14H,13H2,(H2,24,26,27). The normalized spacial score (nSPS) is 11.5. The minimum Gasteiger partial charge on any atom is -0.440 e. The fourth-order valence-corrected chi connectivity index (χ4v) is 3.74. The summed E-state index contributed by atoms with van der Waals surface area (Å²) in [5.74, 6) is 1.09. The number of hydrogen-bond acceptors (Lipinski definition) is 4. The van der Waals surface area contributed by atoms with Gasteiger partial charge in [-0.05, 0) is 42.0 Å². The van der Waals surface area contributed by atoms with Crippen LogP contribution in [0.1, 0.15) is 11.5 Å². The minimum absolute atomic E-state index is 0.0366. The molecule has 1 heterocycles. The molecule has 4 rings (SSSR count). The Kier molecular flexibility index (Phi) is 5.24. The van der Waals surface area contributed by atoms with Crippen molar-refractivity contribution in [3.05, 3.63) is 95.3 Å².